The predicted octanol–water partition coefficient (Wildman–Crippen LogP) is 3.16. The lowest BCUT2D eigenvalue weighted by Gasteiger charge is -1.99. The third kappa shape index (κ3) is 17.1. The molecule has 0 aromatic carbocycles. The molecule has 0 aliphatic carbocycles. The van der Waals surface area contributed by atoms with Crippen molar-refractivity contribution in [3.05, 3.63) is 18.7 Å². The Morgan fingerprint density at radius 3 is 1.92 bits per heavy atom. The van der Waals surface area contributed by atoms with Crippen molar-refractivity contribution in [2.75, 3.05) is 0 Å². The number of hydrogen-bond donors (Lipinski definition) is 0. The number of aryl methyl sites for hydroxylation is 2. The number of aromatic nitrogens is 2. The normalized spacial score (nSPS) is 10.3. The first kappa shape index (κ1) is 23.5. The van der Waals surface area contributed by atoms with Crippen LogP contribution >= 0.6 is 0 Å². The van der Waals surface area contributed by atoms with E-state index in [2.05, 4.69) is 41.7 Å². The Morgan fingerprint density at radius 1 is 0.880 bits per heavy atom. The number of unbranched alkanes of at least 4 members (excludes halogenated alkanes) is 10. The molecule has 0 aliphatic rings. The molecule has 0 atom stereocenters. The number of carbonyl (C=O) groups is 1. The summed E-state index contributed by atoms with van der Waals surface area (Å²) >= 11 is 0. The summed E-state index contributed by atoms with van der Waals surface area (Å²) in [4.78, 5) is 8.33. The SMILES string of the molecule is CCCCCCCCn1cc[n+](CCCCCCCC)c1.O=C([O-])[O-].[H+]. The van der Waals surface area contributed by atoms with Crippen LogP contribution in [0.2, 0.25) is 0 Å². The summed E-state index contributed by atoms with van der Waals surface area (Å²) in [6.45, 7) is 6.94. The van der Waals surface area contributed by atoms with E-state index >= 15 is 0 Å². The minimum Gasteiger partial charge on any atom is -0.652 e. The molecule has 1 aromatic rings. The second kappa shape index (κ2) is 17.3. The molecule has 1 heterocycles. The van der Waals surface area contributed by atoms with Crippen molar-refractivity contribution in [1.82, 2.24) is 4.57 Å². The smallest absolute Gasteiger partial charge is 0.652 e. The number of carboxylic acid groups (broad SMARTS) is 2. The largest absolute Gasteiger partial charge is 1.00 e. The summed E-state index contributed by atoms with van der Waals surface area (Å²) in [6.07, 6.45) is 21.0. The molecule has 0 saturated carbocycles. The van der Waals surface area contributed by atoms with Gasteiger partial charge in [0.05, 0.1) is 13.1 Å². The Balaban J connectivity index is 0. The van der Waals surface area contributed by atoms with Crippen molar-refractivity contribution < 1.29 is 21.0 Å². The molecule has 0 unspecified atom stereocenters. The lowest BCUT2D eigenvalue weighted by Crippen LogP contribution is -2.37. The quantitative estimate of drug-likeness (QED) is 0.380. The van der Waals surface area contributed by atoms with E-state index in [-0.39, 0.29) is 1.43 Å². The first-order valence-corrected chi connectivity index (χ1v) is 10.0. The van der Waals surface area contributed by atoms with Crippen LogP contribution in [0.3, 0.4) is 0 Å². The van der Waals surface area contributed by atoms with Crippen LogP contribution < -0.4 is 14.8 Å². The van der Waals surface area contributed by atoms with Crippen molar-refractivity contribution in [3.63, 3.8) is 0 Å². The molecule has 5 heteroatoms. The van der Waals surface area contributed by atoms with Gasteiger partial charge in [-0.3, -0.25) is 0 Å². The lowest BCUT2D eigenvalue weighted by atomic mass is 10.1. The van der Waals surface area contributed by atoms with Crippen LogP contribution in [0.4, 0.5) is 4.79 Å². The van der Waals surface area contributed by atoms with Gasteiger partial charge < -0.3 is 15.0 Å². The van der Waals surface area contributed by atoms with Gasteiger partial charge in [0, 0.05) is 0 Å². The fourth-order valence-corrected chi connectivity index (χ4v) is 2.85. The van der Waals surface area contributed by atoms with E-state index in [0.717, 1.165) is 0 Å². The monoisotopic (exact) mass is 354 g/mol. The van der Waals surface area contributed by atoms with Crippen molar-refractivity contribution in [3.8, 4) is 0 Å². The average Bonchev–Trinajstić information content (AvgIpc) is 3.01. The van der Waals surface area contributed by atoms with Gasteiger partial charge in [-0.1, -0.05) is 65.2 Å². The summed E-state index contributed by atoms with van der Waals surface area (Å²) in [5.74, 6) is 0. The Morgan fingerprint density at radius 2 is 1.36 bits per heavy atom. The van der Waals surface area contributed by atoms with E-state index in [0.29, 0.717) is 0 Å². The van der Waals surface area contributed by atoms with E-state index < -0.39 is 6.16 Å². The van der Waals surface area contributed by atoms with Crippen LogP contribution in [0.25, 0.3) is 0 Å². The second-order valence-electron chi connectivity index (χ2n) is 6.67. The van der Waals surface area contributed by atoms with Crippen LogP contribution in [-0.4, -0.2) is 10.7 Å². The molecule has 0 radical (unpaired) electrons. The maximum Gasteiger partial charge on any atom is 1.00 e. The van der Waals surface area contributed by atoms with Gasteiger partial charge in [-0.05, 0) is 31.8 Å². The van der Waals surface area contributed by atoms with Gasteiger partial charge >= 0.3 is 1.43 Å². The number of carbonyl (C=O) groups excluding carboxylic acids is 1. The first-order chi connectivity index (χ1) is 12.1. The summed E-state index contributed by atoms with van der Waals surface area (Å²) < 4.78 is 4.72. The Bertz CT molecular complexity index is 390. The maximum absolute atomic E-state index is 8.33. The second-order valence-corrected chi connectivity index (χ2v) is 6.67. The molecule has 1 aromatic heterocycles. The van der Waals surface area contributed by atoms with Crippen molar-refractivity contribution >= 4 is 6.16 Å². The topological polar surface area (TPSA) is 72.0 Å². The van der Waals surface area contributed by atoms with Crippen LogP contribution in [0, 0.1) is 0 Å². The Hall–Kier alpha value is -1.52. The van der Waals surface area contributed by atoms with Gasteiger partial charge in [-0.25, -0.2) is 9.13 Å². The van der Waals surface area contributed by atoms with Crippen LogP contribution in [0.15, 0.2) is 18.7 Å². The Kier molecular flexibility index (Phi) is 16.3. The molecule has 0 aliphatic heterocycles. The minimum absolute atomic E-state index is 0. The highest BCUT2D eigenvalue weighted by Crippen LogP contribution is 2.06. The summed E-state index contributed by atoms with van der Waals surface area (Å²) in [5.41, 5.74) is 0. The fraction of sp³-hybridized carbons (Fsp3) is 0.800. The summed E-state index contributed by atoms with van der Waals surface area (Å²) in [6, 6.07) is 0. The fourth-order valence-electron chi connectivity index (χ4n) is 2.85. The number of rotatable bonds is 14. The van der Waals surface area contributed by atoms with Gasteiger partial charge in [-0.15, -0.1) is 0 Å². The Labute approximate surface area is 155 Å². The molecule has 25 heavy (non-hydrogen) atoms. The van der Waals surface area contributed by atoms with Gasteiger partial charge in [-0.2, -0.15) is 0 Å². The number of imidazole rings is 1. The molecule has 0 bridgehead atoms. The van der Waals surface area contributed by atoms with Crippen molar-refractivity contribution in [2.45, 2.75) is 104 Å². The van der Waals surface area contributed by atoms with E-state index in [1.54, 1.807) is 0 Å². The third-order valence-corrected chi connectivity index (χ3v) is 4.29. The molecule has 146 valence electrons. The molecule has 0 saturated heterocycles. The van der Waals surface area contributed by atoms with Crippen LogP contribution in [0.1, 0.15) is 92.3 Å². The lowest BCUT2D eigenvalue weighted by molar-refractivity contribution is -0.696. The molecule has 0 amide bonds. The molecule has 0 fully saturated rings. The van der Waals surface area contributed by atoms with Crippen LogP contribution in [-0.2, 0) is 13.1 Å². The zero-order chi connectivity index (χ0) is 18.8. The van der Waals surface area contributed by atoms with Gasteiger partial charge in [0.1, 0.15) is 12.4 Å². The molecular formula is C20H38N2O3. The number of nitrogens with zero attached hydrogens (tertiary/aromatic N) is 2. The van der Waals surface area contributed by atoms with E-state index in [9.17, 15) is 0 Å². The predicted molar refractivity (Wildman–Crippen MR) is 97.9 cm³/mol. The first-order valence-electron chi connectivity index (χ1n) is 10.0. The third-order valence-electron chi connectivity index (χ3n) is 4.29. The number of hydrogen-bond acceptors (Lipinski definition) is 3. The highest BCUT2D eigenvalue weighted by atomic mass is 16.6. The van der Waals surface area contributed by atoms with Gasteiger partial charge in [0.25, 0.3) is 0 Å². The average molecular weight is 355 g/mol. The van der Waals surface area contributed by atoms with Gasteiger partial charge in [0.15, 0.2) is 0 Å². The van der Waals surface area contributed by atoms with Crippen LogP contribution in [0.5, 0.6) is 0 Å². The standard InChI is InChI=1S/C19H37N2.CH2O3/c1-3-5-7-9-11-13-15-20-17-18-21(19-20)16-14-12-10-8-6-4-2;2-1(3)4/h17-19H,3-16H2,1-2H3;(H2,2,3,4)/q+1;/p-1. The molecule has 0 spiro atoms. The summed E-state index contributed by atoms with van der Waals surface area (Å²) in [7, 11) is 0. The van der Waals surface area contributed by atoms with Crippen molar-refractivity contribution in [2.24, 2.45) is 0 Å². The van der Waals surface area contributed by atoms with Gasteiger partial charge in [0.2, 0.25) is 6.33 Å². The highest BCUT2D eigenvalue weighted by Gasteiger charge is 2.03. The van der Waals surface area contributed by atoms with E-state index in [4.69, 9.17) is 15.0 Å². The van der Waals surface area contributed by atoms with Crippen molar-refractivity contribution in [1.29, 1.82) is 0 Å². The zero-order valence-electron chi connectivity index (χ0n) is 17.3. The molecular weight excluding hydrogens is 316 g/mol. The minimum atomic E-state index is -2.33. The maximum atomic E-state index is 8.33. The summed E-state index contributed by atoms with van der Waals surface area (Å²) in [5, 5.41) is 16.7. The van der Waals surface area contributed by atoms with E-state index in [1.807, 2.05) is 0 Å². The zero-order valence-corrected chi connectivity index (χ0v) is 16.3. The highest BCUT2D eigenvalue weighted by molar-refractivity contribution is 5.47. The van der Waals surface area contributed by atoms with E-state index in [1.165, 1.54) is 90.1 Å². The molecule has 0 N–H and O–H groups in total. The molecule has 5 nitrogen and oxygen atoms in total. The molecule has 1 rings (SSSR count).